The normalized spacial score (nSPS) is 10.5. The minimum absolute atomic E-state index is 0.372. The van der Waals surface area contributed by atoms with Crippen LogP contribution in [0.1, 0.15) is 25.6 Å². The van der Waals surface area contributed by atoms with Crippen LogP contribution < -0.4 is 10.9 Å². The highest BCUT2D eigenvalue weighted by atomic mass is 35.5. The Labute approximate surface area is 142 Å². The first-order valence-corrected chi connectivity index (χ1v) is 8.10. The van der Waals surface area contributed by atoms with E-state index in [1.165, 1.54) is 11.3 Å². The maximum atomic E-state index is 12.2. The number of amides is 2. The SMILES string of the molecule is Cc1ccc(C(=O)NNC(=O)c2sc3ccccc3c2Cl)cc1. The Morgan fingerprint density at radius 1 is 0.957 bits per heavy atom. The molecule has 2 N–H and O–H groups in total. The smallest absolute Gasteiger partial charge is 0.267 e. The van der Waals surface area contributed by atoms with Gasteiger partial charge in [-0.3, -0.25) is 20.4 Å². The van der Waals surface area contributed by atoms with Gasteiger partial charge in [0, 0.05) is 15.6 Å². The summed E-state index contributed by atoms with van der Waals surface area (Å²) in [4.78, 5) is 24.6. The van der Waals surface area contributed by atoms with Crippen molar-refractivity contribution in [2.24, 2.45) is 0 Å². The molecule has 0 fully saturated rings. The van der Waals surface area contributed by atoms with Crippen LogP contribution in [0.15, 0.2) is 48.5 Å². The van der Waals surface area contributed by atoms with Crippen LogP contribution in [-0.4, -0.2) is 11.8 Å². The molecule has 0 saturated carbocycles. The van der Waals surface area contributed by atoms with E-state index in [2.05, 4.69) is 10.9 Å². The number of aryl methyl sites for hydroxylation is 1. The Bertz CT molecular complexity index is 887. The number of thiophene rings is 1. The fraction of sp³-hybridized carbons (Fsp3) is 0.0588. The van der Waals surface area contributed by atoms with Crippen LogP contribution >= 0.6 is 22.9 Å². The van der Waals surface area contributed by atoms with Crippen LogP contribution in [0.3, 0.4) is 0 Å². The summed E-state index contributed by atoms with van der Waals surface area (Å²) in [5.41, 5.74) is 6.33. The lowest BCUT2D eigenvalue weighted by Gasteiger charge is -2.06. The third-order valence-corrected chi connectivity index (χ3v) is 5.02. The van der Waals surface area contributed by atoms with E-state index in [1.807, 2.05) is 43.3 Å². The van der Waals surface area contributed by atoms with Gasteiger partial charge >= 0.3 is 0 Å². The zero-order valence-electron chi connectivity index (χ0n) is 12.2. The molecule has 0 spiro atoms. The van der Waals surface area contributed by atoms with Gasteiger partial charge < -0.3 is 0 Å². The minimum atomic E-state index is -0.434. The first-order valence-electron chi connectivity index (χ1n) is 6.90. The monoisotopic (exact) mass is 344 g/mol. The fourth-order valence-corrected chi connectivity index (χ4v) is 3.52. The van der Waals surface area contributed by atoms with Crippen molar-refractivity contribution in [2.75, 3.05) is 0 Å². The van der Waals surface area contributed by atoms with E-state index in [0.29, 0.717) is 15.5 Å². The number of carbonyl (C=O) groups is 2. The lowest BCUT2D eigenvalue weighted by molar-refractivity contribution is 0.0849. The van der Waals surface area contributed by atoms with E-state index < -0.39 is 5.91 Å². The predicted molar refractivity (Wildman–Crippen MR) is 92.9 cm³/mol. The molecule has 2 aromatic carbocycles. The third-order valence-electron chi connectivity index (χ3n) is 3.34. The number of halogens is 1. The number of hydrogen-bond acceptors (Lipinski definition) is 3. The first kappa shape index (κ1) is 15.5. The van der Waals surface area contributed by atoms with Gasteiger partial charge in [-0.25, -0.2) is 0 Å². The van der Waals surface area contributed by atoms with Crippen molar-refractivity contribution < 1.29 is 9.59 Å². The summed E-state index contributed by atoms with van der Waals surface area (Å²) < 4.78 is 0.924. The topological polar surface area (TPSA) is 58.2 Å². The Morgan fingerprint density at radius 3 is 2.30 bits per heavy atom. The summed E-state index contributed by atoms with van der Waals surface area (Å²) >= 11 is 7.52. The molecule has 0 aliphatic rings. The number of hydrogen-bond donors (Lipinski definition) is 2. The number of carbonyl (C=O) groups excluding carboxylic acids is 2. The number of benzene rings is 2. The van der Waals surface area contributed by atoms with Gasteiger partial charge in [-0.05, 0) is 25.1 Å². The molecule has 0 aliphatic heterocycles. The summed E-state index contributed by atoms with van der Waals surface area (Å²) in [7, 11) is 0. The van der Waals surface area contributed by atoms with Crippen LogP contribution in [0, 0.1) is 6.92 Å². The molecular weight excluding hydrogens is 332 g/mol. The van der Waals surface area contributed by atoms with E-state index in [1.54, 1.807) is 12.1 Å². The van der Waals surface area contributed by atoms with E-state index in [0.717, 1.165) is 15.6 Å². The molecule has 23 heavy (non-hydrogen) atoms. The molecule has 0 saturated heterocycles. The van der Waals surface area contributed by atoms with Crippen LogP contribution in [0.25, 0.3) is 10.1 Å². The van der Waals surface area contributed by atoms with Crippen LogP contribution in [-0.2, 0) is 0 Å². The molecule has 0 unspecified atom stereocenters. The van der Waals surface area contributed by atoms with Crippen molar-refractivity contribution in [3.63, 3.8) is 0 Å². The molecule has 0 radical (unpaired) electrons. The van der Waals surface area contributed by atoms with Gasteiger partial charge in [0.1, 0.15) is 4.88 Å². The first-order chi connectivity index (χ1) is 11.1. The van der Waals surface area contributed by atoms with Crippen molar-refractivity contribution in [1.82, 2.24) is 10.9 Å². The molecule has 0 atom stereocenters. The number of hydrazine groups is 1. The second kappa shape index (κ2) is 6.40. The van der Waals surface area contributed by atoms with Gasteiger partial charge in [0.05, 0.1) is 5.02 Å². The molecule has 3 aromatic rings. The maximum absolute atomic E-state index is 12.2. The van der Waals surface area contributed by atoms with Crippen molar-refractivity contribution >= 4 is 44.8 Å². The highest BCUT2D eigenvalue weighted by Gasteiger charge is 2.17. The van der Waals surface area contributed by atoms with E-state index in [4.69, 9.17) is 11.6 Å². The summed E-state index contributed by atoms with van der Waals surface area (Å²) in [6.45, 7) is 1.94. The zero-order valence-corrected chi connectivity index (χ0v) is 13.8. The molecule has 116 valence electrons. The summed E-state index contributed by atoms with van der Waals surface area (Å²) in [5, 5.41) is 1.22. The Kier molecular flexibility index (Phi) is 4.32. The average Bonchev–Trinajstić information content (AvgIpc) is 2.90. The number of fused-ring (bicyclic) bond motifs is 1. The second-order valence-corrected chi connectivity index (χ2v) is 6.45. The molecule has 1 aromatic heterocycles. The van der Waals surface area contributed by atoms with Crippen molar-refractivity contribution in [3.8, 4) is 0 Å². The highest BCUT2D eigenvalue weighted by Crippen LogP contribution is 2.34. The largest absolute Gasteiger partial charge is 0.281 e. The van der Waals surface area contributed by atoms with Gasteiger partial charge in [-0.1, -0.05) is 47.5 Å². The molecule has 0 bridgehead atoms. The molecule has 4 nitrogen and oxygen atoms in total. The number of nitrogens with one attached hydrogen (secondary N) is 2. The second-order valence-electron chi connectivity index (χ2n) is 5.02. The van der Waals surface area contributed by atoms with Crippen LogP contribution in [0.2, 0.25) is 5.02 Å². The lowest BCUT2D eigenvalue weighted by Crippen LogP contribution is -2.41. The Hall–Kier alpha value is -2.37. The zero-order chi connectivity index (χ0) is 16.4. The Balaban J connectivity index is 1.72. The average molecular weight is 345 g/mol. The Morgan fingerprint density at radius 2 is 1.61 bits per heavy atom. The molecule has 1 heterocycles. The van der Waals surface area contributed by atoms with E-state index in [9.17, 15) is 9.59 Å². The van der Waals surface area contributed by atoms with Crippen LogP contribution in [0.5, 0.6) is 0 Å². The number of rotatable bonds is 2. The lowest BCUT2D eigenvalue weighted by atomic mass is 10.1. The predicted octanol–water partition coefficient (Wildman–Crippen LogP) is 3.94. The fourth-order valence-electron chi connectivity index (χ4n) is 2.11. The maximum Gasteiger partial charge on any atom is 0.281 e. The molecule has 2 amide bonds. The van der Waals surface area contributed by atoms with Gasteiger partial charge in [-0.15, -0.1) is 11.3 Å². The van der Waals surface area contributed by atoms with Gasteiger partial charge in [0.25, 0.3) is 11.8 Å². The van der Waals surface area contributed by atoms with Crippen molar-refractivity contribution in [2.45, 2.75) is 6.92 Å². The molecule has 6 heteroatoms. The summed E-state index contributed by atoms with van der Waals surface area (Å²) in [6, 6.07) is 14.6. The standard InChI is InChI=1S/C17H13ClN2O2S/c1-10-6-8-11(9-7-10)16(21)19-20-17(22)15-14(18)12-4-2-3-5-13(12)23-15/h2-9H,1H3,(H,19,21)(H,20,22). The third kappa shape index (κ3) is 3.21. The molecule has 3 rings (SSSR count). The van der Waals surface area contributed by atoms with Crippen molar-refractivity contribution in [3.05, 3.63) is 69.6 Å². The highest BCUT2D eigenvalue weighted by molar-refractivity contribution is 7.21. The molecular formula is C17H13ClN2O2S. The van der Waals surface area contributed by atoms with Gasteiger partial charge in [0.15, 0.2) is 0 Å². The molecule has 0 aliphatic carbocycles. The van der Waals surface area contributed by atoms with Crippen molar-refractivity contribution in [1.29, 1.82) is 0 Å². The van der Waals surface area contributed by atoms with E-state index in [-0.39, 0.29) is 5.91 Å². The quantitative estimate of drug-likeness (QED) is 0.692. The van der Waals surface area contributed by atoms with Gasteiger partial charge in [-0.2, -0.15) is 0 Å². The minimum Gasteiger partial charge on any atom is -0.267 e. The van der Waals surface area contributed by atoms with E-state index >= 15 is 0 Å². The van der Waals surface area contributed by atoms with Crippen LogP contribution in [0.4, 0.5) is 0 Å². The van der Waals surface area contributed by atoms with Gasteiger partial charge in [0.2, 0.25) is 0 Å². The summed E-state index contributed by atoms with van der Waals surface area (Å²) in [5.74, 6) is -0.813. The summed E-state index contributed by atoms with van der Waals surface area (Å²) in [6.07, 6.45) is 0.